The fourth-order valence-corrected chi connectivity index (χ4v) is 2.04. The van der Waals surface area contributed by atoms with Crippen LogP contribution in [-0.2, 0) is 0 Å². The molecule has 6 heteroatoms. The molecule has 0 radical (unpaired) electrons. The lowest BCUT2D eigenvalue weighted by Gasteiger charge is -2.09. The summed E-state index contributed by atoms with van der Waals surface area (Å²) in [7, 11) is 0. The third kappa shape index (κ3) is 3.20. The van der Waals surface area contributed by atoms with Crippen LogP contribution >= 0.6 is 11.6 Å². The predicted octanol–water partition coefficient (Wildman–Crippen LogP) is 3.60. The van der Waals surface area contributed by atoms with Crippen molar-refractivity contribution >= 4 is 23.0 Å². The van der Waals surface area contributed by atoms with Gasteiger partial charge in [-0.3, -0.25) is 5.43 Å². The lowest BCUT2D eigenvalue weighted by molar-refractivity contribution is 0.367. The number of phenols is 3. The van der Waals surface area contributed by atoms with Gasteiger partial charge in [-0.25, -0.2) is 0 Å². The number of benzene rings is 2. The Balaban J connectivity index is 2.28. The van der Waals surface area contributed by atoms with Gasteiger partial charge in [-0.05, 0) is 49.7 Å². The molecule has 0 aliphatic rings. The SMILES string of the molecule is C/C(=N\Nc1ccc(Cl)cc1C)c1ccc(O)c(O)c1O. The minimum Gasteiger partial charge on any atom is -0.504 e. The van der Waals surface area contributed by atoms with Gasteiger partial charge < -0.3 is 15.3 Å². The van der Waals surface area contributed by atoms with E-state index in [0.29, 0.717) is 16.3 Å². The summed E-state index contributed by atoms with van der Waals surface area (Å²) in [6.07, 6.45) is 0. The Labute approximate surface area is 127 Å². The summed E-state index contributed by atoms with van der Waals surface area (Å²) in [6, 6.07) is 8.10. The van der Waals surface area contributed by atoms with E-state index in [9.17, 15) is 15.3 Å². The summed E-state index contributed by atoms with van der Waals surface area (Å²) < 4.78 is 0. The Morgan fingerprint density at radius 2 is 1.81 bits per heavy atom. The Morgan fingerprint density at radius 3 is 2.48 bits per heavy atom. The van der Waals surface area contributed by atoms with Gasteiger partial charge in [-0.1, -0.05) is 11.6 Å². The fraction of sp³-hybridized carbons (Fsp3) is 0.133. The number of aryl methyl sites for hydroxylation is 1. The number of hydrogen-bond acceptors (Lipinski definition) is 5. The van der Waals surface area contributed by atoms with Gasteiger partial charge in [0.1, 0.15) is 0 Å². The van der Waals surface area contributed by atoms with Gasteiger partial charge in [0.05, 0.1) is 11.4 Å². The first kappa shape index (κ1) is 15.0. The number of aromatic hydroxyl groups is 3. The molecule has 0 aromatic heterocycles. The van der Waals surface area contributed by atoms with Crippen LogP contribution in [0.4, 0.5) is 5.69 Å². The maximum absolute atomic E-state index is 9.80. The maximum atomic E-state index is 9.80. The number of phenolic OH excluding ortho intramolecular Hbond substituents is 3. The molecule has 0 fully saturated rings. The molecule has 110 valence electrons. The van der Waals surface area contributed by atoms with Gasteiger partial charge in [-0.15, -0.1) is 0 Å². The van der Waals surface area contributed by atoms with E-state index < -0.39 is 11.5 Å². The van der Waals surface area contributed by atoms with E-state index in [1.165, 1.54) is 12.1 Å². The molecule has 2 aromatic carbocycles. The van der Waals surface area contributed by atoms with Crippen LogP contribution in [0.15, 0.2) is 35.4 Å². The third-order valence-electron chi connectivity index (χ3n) is 3.05. The molecule has 0 aliphatic heterocycles. The van der Waals surface area contributed by atoms with Gasteiger partial charge >= 0.3 is 0 Å². The highest BCUT2D eigenvalue weighted by Gasteiger charge is 2.13. The lowest BCUT2D eigenvalue weighted by atomic mass is 10.1. The first-order valence-corrected chi connectivity index (χ1v) is 6.58. The van der Waals surface area contributed by atoms with Crippen LogP contribution in [0.5, 0.6) is 17.2 Å². The Bertz CT molecular complexity index is 714. The van der Waals surface area contributed by atoms with Gasteiger partial charge in [-0.2, -0.15) is 5.10 Å². The second kappa shape index (κ2) is 5.93. The second-order valence-corrected chi connectivity index (χ2v) is 5.03. The van der Waals surface area contributed by atoms with E-state index in [1.54, 1.807) is 25.1 Å². The first-order chi connectivity index (χ1) is 9.90. The van der Waals surface area contributed by atoms with Crippen molar-refractivity contribution in [2.24, 2.45) is 5.10 Å². The molecular weight excluding hydrogens is 292 g/mol. The molecule has 0 unspecified atom stereocenters. The standard InChI is InChI=1S/C15H15ClN2O3/c1-8-7-10(16)3-5-12(8)18-17-9(2)11-4-6-13(19)15(21)14(11)20/h3-7,18-21H,1-2H3/b17-9+. The van der Waals surface area contributed by atoms with Crippen molar-refractivity contribution in [2.45, 2.75) is 13.8 Å². The van der Waals surface area contributed by atoms with Gasteiger partial charge in [0.2, 0.25) is 5.75 Å². The molecule has 0 spiro atoms. The highest BCUT2D eigenvalue weighted by atomic mass is 35.5. The maximum Gasteiger partial charge on any atom is 0.200 e. The normalized spacial score (nSPS) is 11.5. The number of hydrazone groups is 1. The third-order valence-corrected chi connectivity index (χ3v) is 3.29. The molecule has 0 amide bonds. The van der Waals surface area contributed by atoms with Crippen LogP contribution in [-0.4, -0.2) is 21.0 Å². The van der Waals surface area contributed by atoms with Crippen molar-refractivity contribution in [3.8, 4) is 17.2 Å². The Morgan fingerprint density at radius 1 is 1.10 bits per heavy atom. The summed E-state index contributed by atoms with van der Waals surface area (Å²) in [4.78, 5) is 0. The van der Waals surface area contributed by atoms with E-state index in [1.807, 2.05) is 6.92 Å². The van der Waals surface area contributed by atoms with Crippen LogP contribution in [0, 0.1) is 6.92 Å². The summed E-state index contributed by atoms with van der Waals surface area (Å²) in [6.45, 7) is 3.56. The monoisotopic (exact) mass is 306 g/mol. The number of hydrogen-bond donors (Lipinski definition) is 4. The van der Waals surface area contributed by atoms with E-state index in [4.69, 9.17) is 11.6 Å². The number of halogens is 1. The zero-order valence-electron chi connectivity index (χ0n) is 11.6. The summed E-state index contributed by atoms with van der Waals surface area (Å²) in [5.41, 5.74) is 5.36. The number of nitrogens with one attached hydrogen (secondary N) is 1. The molecule has 2 aromatic rings. The van der Waals surface area contributed by atoms with Gasteiger partial charge in [0.25, 0.3) is 0 Å². The summed E-state index contributed by atoms with van der Waals surface area (Å²) in [5, 5.41) is 33.4. The zero-order valence-corrected chi connectivity index (χ0v) is 12.3. The molecule has 0 heterocycles. The molecule has 5 nitrogen and oxygen atoms in total. The van der Waals surface area contributed by atoms with Crippen LogP contribution in [0.25, 0.3) is 0 Å². The lowest BCUT2D eigenvalue weighted by Crippen LogP contribution is -2.01. The second-order valence-electron chi connectivity index (χ2n) is 4.60. The highest BCUT2D eigenvalue weighted by molar-refractivity contribution is 6.30. The fourth-order valence-electron chi connectivity index (χ4n) is 1.82. The van der Waals surface area contributed by atoms with Crippen molar-refractivity contribution in [1.82, 2.24) is 0 Å². The highest BCUT2D eigenvalue weighted by Crippen LogP contribution is 2.37. The van der Waals surface area contributed by atoms with Crippen molar-refractivity contribution < 1.29 is 15.3 Å². The minimum absolute atomic E-state index is 0.324. The van der Waals surface area contributed by atoms with Crippen LogP contribution in [0.3, 0.4) is 0 Å². The molecule has 4 N–H and O–H groups in total. The molecular formula is C15H15ClN2O3. The molecule has 0 saturated carbocycles. The average molecular weight is 307 g/mol. The van der Waals surface area contributed by atoms with Gasteiger partial charge in [0.15, 0.2) is 11.5 Å². The van der Waals surface area contributed by atoms with Gasteiger partial charge in [0, 0.05) is 10.6 Å². The summed E-state index contributed by atoms with van der Waals surface area (Å²) >= 11 is 5.88. The quantitative estimate of drug-likeness (QED) is 0.396. The van der Waals surface area contributed by atoms with E-state index >= 15 is 0 Å². The van der Waals surface area contributed by atoms with E-state index in [-0.39, 0.29) is 5.75 Å². The molecule has 0 atom stereocenters. The molecule has 2 rings (SSSR count). The van der Waals surface area contributed by atoms with Crippen molar-refractivity contribution in [3.05, 3.63) is 46.5 Å². The molecule has 0 aliphatic carbocycles. The first-order valence-electron chi connectivity index (χ1n) is 6.21. The number of rotatable bonds is 3. The van der Waals surface area contributed by atoms with Crippen LogP contribution in [0.1, 0.15) is 18.1 Å². The van der Waals surface area contributed by atoms with Crippen LogP contribution in [0.2, 0.25) is 5.02 Å². The number of anilines is 1. The van der Waals surface area contributed by atoms with Crippen molar-refractivity contribution in [3.63, 3.8) is 0 Å². The zero-order chi connectivity index (χ0) is 15.6. The Hall–Kier alpha value is -2.40. The molecule has 21 heavy (non-hydrogen) atoms. The predicted molar refractivity (Wildman–Crippen MR) is 83.5 cm³/mol. The molecule has 0 saturated heterocycles. The average Bonchev–Trinajstić information content (AvgIpc) is 2.43. The van der Waals surface area contributed by atoms with Crippen molar-refractivity contribution in [1.29, 1.82) is 0 Å². The molecule has 0 bridgehead atoms. The number of nitrogens with zero attached hydrogens (tertiary/aromatic N) is 1. The Kier molecular flexibility index (Phi) is 4.23. The van der Waals surface area contributed by atoms with E-state index in [2.05, 4.69) is 10.5 Å². The smallest absolute Gasteiger partial charge is 0.200 e. The van der Waals surface area contributed by atoms with Crippen molar-refractivity contribution in [2.75, 3.05) is 5.43 Å². The topological polar surface area (TPSA) is 85.1 Å². The summed E-state index contributed by atoms with van der Waals surface area (Å²) in [5.74, 6) is -1.36. The van der Waals surface area contributed by atoms with E-state index in [0.717, 1.165) is 11.3 Å². The minimum atomic E-state index is -0.565. The van der Waals surface area contributed by atoms with Crippen LogP contribution < -0.4 is 5.43 Å². The largest absolute Gasteiger partial charge is 0.504 e.